The topological polar surface area (TPSA) is 0 Å². The smallest absolute Gasteiger partial charge is 0.0274 e. The molecule has 0 aliphatic rings. The Morgan fingerprint density at radius 2 is 1.72 bits per heavy atom. The number of aryl methyl sites for hydroxylation is 1. The molecule has 0 heteroatoms. The van der Waals surface area contributed by atoms with Crippen molar-refractivity contribution in [2.75, 3.05) is 0 Å². The molecular formula is C18H18. The molecule has 0 aromatic heterocycles. The lowest BCUT2D eigenvalue weighted by Gasteiger charge is -2.15. The lowest BCUT2D eigenvalue weighted by atomic mass is 9.89. The lowest BCUT2D eigenvalue weighted by Crippen LogP contribution is -2.02. The number of hydrogen-bond acceptors (Lipinski definition) is 0. The van der Waals surface area contributed by atoms with Crippen LogP contribution in [0.5, 0.6) is 0 Å². The van der Waals surface area contributed by atoms with Gasteiger partial charge in [-0.2, -0.15) is 0 Å². The normalized spacial score (nSPS) is 11.8. The quantitative estimate of drug-likeness (QED) is 0.694. The van der Waals surface area contributed by atoms with Crippen molar-refractivity contribution >= 4 is 0 Å². The summed E-state index contributed by atoms with van der Waals surface area (Å²) >= 11 is 0. The number of terminal acetylenes is 1. The first kappa shape index (κ1) is 12.5. The molecule has 1 unspecified atom stereocenters. The van der Waals surface area contributed by atoms with E-state index in [4.69, 9.17) is 6.42 Å². The van der Waals surface area contributed by atoms with E-state index in [-0.39, 0.29) is 0 Å². The predicted molar refractivity (Wildman–Crippen MR) is 77.7 cm³/mol. The molecule has 0 spiro atoms. The highest BCUT2D eigenvalue weighted by Crippen LogP contribution is 2.24. The van der Waals surface area contributed by atoms with Crippen molar-refractivity contribution in [3.63, 3.8) is 0 Å². The van der Waals surface area contributed by atoms with E-state index < -0.39 is 0 Å². The zero-order valence-electron chi connectivity index (χ0n) is 11.0. The number of hydrogen-bond donors (Lipinski definition) is 0. The molecule has 0 amide bonds. The van der Waals surface area contributed by atoms with Gasteiger partial charge in [0.25, 0.3) is 0 Å². The molecule has 2 aromatic rings. The summed E-state index contributed by atoms with van der Waals surface area (Å²) < 4.78 is 0. The van der Waals surface area contributed by atoms with Gasteiger partial charge in [0.15, 0.2) is 0 Å². The Hall–Kier alpha value is -2.00. The summed E-state index contributed by atoms with van der Waals surface area (Å²) in [6, 6.07) is 16.8. The monoisotopic (exact) mass is 234 g/mol. The lowest BCUT2D eigenvalue weighted by molar-refractivity contribution is 0.752. The molecule has 0 N–H and O–H groups in total. The fraction of sp³-hybridized carbons (Fsp3) is 0.222. The van der Waals surface area contributed by atoms with Crippen LogP contribution >= 0.6 is 0 Å². The van der Waals surface area contributed by atoms with Crippen molar-refractivity contribution in [3.05, 3.63) is 70.8 Å². The molecule has 18 heavy (non-hydrogen) atoms. The zero-order chi connectivity index (χ0) is 13.0. The van der Waals surface area contributed by atoms with Gasteiger partial charge in [0, 0.05) is 5.56 Å². The Kier molecular flexibility index (Phi) is 3.85. The highest BCUT2D eigenvalue weighted by molar-refractivity contribution is 5.41. The summed E-state index contributed by atoms with van der Waals surface area (Å²) in [4.78, 5) is 0. The van der Waals surface area contributed by atoms with Gasteiger partial charge in [-0.25, -0.2) is 0 Å². The first-order valence-corrected chi connectivity index (χ1v) is 6.32. The van der Waals surface area contributed by atoms with E-state index in [0.717, 1.165) is 12.0 Å². The molecule has 2 aromatic carbocycles. The summed E-state index contributed by atoms with van der Waals surface area (Å²) in [5.41, 5.74) is 5.03. The van der Waals surface area contributed by atoms with Gasteiger partial charge in [-0.1, -0.05) is 55.3 Å². The highest BCUT2D eigenvalue weighted by atomic mass is 14.1. The Morgan fingerprint density at radius 3 is 2.44 bits per heavy atom. The zero-order valence-corrected chi connectivity index (χ0v) is 11.0. The Bertz CT molecular complexity index is 573. The second kappa shape index (κ2) is 5.56. The minimum atomic E-state index is 0.487. The van der Waals surface area contributed by atoms with E-state index >= 15 is 0 Å². The number of benzene rings is 2. The largest absolute Gasteiger partial charge is 0.115 e. The summed E-state index contributed by atoms with van der Waals surface area (Å²) in [6.45, 7) is 4.43. The van der Waals surface area contributed by atoms with E-state index in [1.165, 1.54) is 16.7 Å². The molecule has 0 heterocycles. The molecule has 0 aliphatic heterocycles. The molecule has 0 nitrogen and oxygen atoms in total. The van der Waals surface area contributed by atoms with Gasteiger partial charge >= 0.3 is 0 Å². The third kappa shape index (κ3) is 2.63. The summed E-state index contributed by atoms with van der Waals surface area (Å²) in [5.74, 6) is 3.25. The Labute approximate surface area is 110 Å². The second-order valence-corrected chi connectivity index (χ2v) is 4.76. The van der Waals surface area contributed by atoms with Crippen LogP contribution in [-0.4, -0.2) is 0 Å². The van der Waals surface area contributed by atoms with Gasteiger partial charge < -0.3 is 0 Å². The van der Waals surface area contributed by atoms with Crippen LogP contribution in [0.2, 0.25) is 0 Å². The molecule has 0 bridgehead atoms. The van der Waals surface area contributed by atoms with Gasteiger partial charge in [-0.15, -0.1) is 6.42 Å². The van der Waals surface area contributed by atoms with Crippen molar-refractivity contribution in [1.82, 2.24) is 0 Å². The van der Waals surface area contributed by atoms with Crippen LogP contribution < -0.4 is 0 Å². The fourth-order valence-corrected chi connectivity index (χ4v) is 2.42. The van der Waals surface area contributed by atoms with Crippen LogP contribution in [0.1, 0.15) is 35.1 Å². The molecule has 1 atom stereocenters. The van der Waals surface area contributed by atoms with Crippen molar-refractivity contribution in [2.45, 2.75) is 26.2 Å². The minimum absolute atomic E-state index is 0.487. The van der Waals surface area contributed by atoms with Gasteiger partial charge in [0.2, 0.25) is 0 Å². The fourth-order valence-electron chi connectivity index (χ4n) is 2.42. The molecule has 0 fully saturated rings. The summed E-state index contributed by atoms with van der Waals surface area (Å²) in [5, 5.41) is 0. The van der Waals surface area contributed by atoms with Crippen molar-refractivity contribution in [1.29, 1.82) is 0 Å². The van der Waals surface area contributed by atoms with Crippen LogP contribution in [0.4, 0.5) is 0 Å². The molecule has 0 saturated carbocycles. The standard InChI is InChI=1S/C18H18/c1-4-16-10-6-7-11-17(16)13-15(3)18-12-8-5-9-14(18)2/h1,5-12,15H,13H2,2-3H3. The van der Waals surface area contributed by atoms with Crippen LogP contribution in [0, 0.1) is 19.3 Å². The molecule has 0 aliphatic carbocycles. The molecule has 0 saturated heterocycles. The average molecular weight is 234 g/mol. The van der Waals surface area contributed by atoms with Crippen molar-refractivity contribution in [2.24, 2.45) is 0 Å². The maximum atomic E-state index is 5.54. The van der Waals surface area contributed by atoms with Crippen LogP contribution in [0.3, 0.4) is 0 Å². The molecule has 0 radical (unpaired) electrons. The predicted octanol–water partition coefficient (Wildman–Crippen LogP) is 4.32. The first-order valence-electron chi connectivity index (χ1n) is 6.32. The third-order valence-corrected chi connectivity index (χ3v) is 3.42. The maximum Gasteiger partial charge on any atom is 0.0274 e. The van der Waals surface area contributed by atoms with E-state index in [1.54, 1.807) is 0 Å². The van der Waals surface area contributed by atoms with Gasteiger partial charge in [-0.05, 0) is 42.0 Å². The third-order valence-electron chi connectivity index (χ3n) is 3.42. The molecule has 2 rings (SSSR count). The minimum Gasteiger partial charge on any atom is -0.115 e. The van der Waals surface area contributed by atoms with Crippen LogP contribution in [0.25, 0.3) is 0 Å². The Morgan fingerprint density at radius 1 is 1.06 bits per heavy atom. The van der Waals surface area contributed by atoms with Crippen molar-refractivity contribution in [3.8, 4) is 12.3 Å². The summed E-state index contributed by atoms with van der Waals surface area (Å²) in [7, 11) is 0. The maximum absolute atomic E-state index is 5.54. The van der Waals surface area contributed by atoms with Gasteiger partial charge in [0.1, 0.15) is 0 Å². The number of rotatable bonds is 3. The van der Waals surface area contributed by atoms with E-state index in [2.05, 4.69) is 56.2 Å². The SMILES string of the molecule is C#Cc1ccccc1CC(C)c1ccccc1C. The summed E-state index contributed by atoms with van der Waals surface area (Å²) in [6.07, 6.45) is 6.54. The molecule has 90 valence electrons. The van der Waals surface area contributed by atoms with E-state index in [0.29, 0.717) is 5.92 Å². The highest BCUT2D eigenvalue weighted by Gasteiger charge is 2.10. The van der Waals surface area contributed by atoms with E-state index in [1.807, 2.05) is 12.1 Å². The van der Waals surface area contributed by atoms with Gasteiger partial charge in [-0.3, -0.25) is 0 Å². The van der Waals surface area contributed by atoms with E-state index in [9.17, 15) is 0 Å². The van der Waals surface area contributed by atoms with Crippen LogP contribution in [0.15, 0.2) is 48.5 Å². The molecular weight excluding hydrogens is 216 g/mol. The van der Waals surface area contributed by atoms with Crippen molar-refractivity contribution < 1.29 is 0 Å². The Balaban J connectivity index is 2.25. The second-order valence-electron chi connectivity index (χ2n) is 4.76. The van der Waals surface area contributed by atoms with Crippen LogP contribution in [-0.2, 0) is 6.42 Å². The first-order chi connectivity index (χ1) is 8.72. The van der Waals surface area contributed by atoms with Gasteiger partial charge in [0.05, 0.1) is 0 Å². The average Bonchev–Trinajstić information content (AvgIpc) is 2.39.